The molecule has 2 aliphatic rings. The van der Waals surface area contributed by atoms with Crippen LogP contribution < -0.4 is 5.32 Å². The maximum atomic E-state index is 12.6. The second-order valence-corrected chi connectivity index (χ2v) is 8.43. The van der Waals surface area contributed by atoms with Crippen molar-refractivity contribution in [1.82, 2.24) is 15.2 Å². The molecule has 6 heteroatoms. The summed E-state index contributed by atoms with van der Waals surface area (Å²) in [6, 6.07) is 0.251. The van der Waals surface area contributed by atoms with E-state index in [0.717, 1.165) is 38.2 Å². The van der Waals surface area contributed by atoms with Crippen LogP contribution in [0.25, 0.3) is 0 Å². The highest BCUT2D eigenvalue weighted by molar-refractivity contribution is 7.09. The summed E-state index contributed by atoms with van der Waals surface area (Å²) in [5, 5.41) is 6.63. The topological polar surface area (TPSA) is 54.5 Å². The number of amides is 1. The Balaban J connectivity index is 1.59. The van der Waals surface area contributed by atoms with Gasteiger partial charge >= 0.3 is 0 Å². The average Bonchev–Trinajstić information content (AvgIpc) is 3.15. The Labute approximate surface area is 148 Å². The molecule has 1 aromatic rings. The van der Waals surface area contributed by atoms with Gasteiger partial charge < -0.3 is 10.1 Å². The van der Waals surface area contributed by atoms with Crippen LogP contribution in [0.3, 0.4) is 0 Å². The van der Waals surface area contributed by atoms with Crippen molar-refractivity contribution in [2.75, 3.05) is 26.3 Å². The van der Waals surface area contributed by atoms with Crippen molar-refractivity contribution in [3.8, 4) is 0 Å². The highest BCUT2D eigenvalue weighted by Gasteiger charge is 2.37. The monoisotopic (exact) mass is 351 g/mol. The fourth-order valence-electron chi connectivity index (χ4n) is 3.80. The number of nitrogens with zero attached hydrogens (tertiary/aromatic N) is 2. The lowest BCUT2D eigenvalue weighted by molar-refractivity contribution is -0.128. The summed E-state index contributed by atoms with van der Waals surface area (Å²) in [7, 11) is 0. The number of hydrogen-bond donors (Lipinski definition) is 1. The van der Waals surface area contributed by atoms with Crippen molar-refractivity contribution in [2.24, 2.45) is 17.8 Å². The van der Waals surface area contributed by atoms with E-state index in [2.05, 4.69) is 34.4 Å². The molecule has 0 unspecified atom stereocenters. The zero-order chi connectivity index (χ0) is 17.1. The second-order valence-electron chi connectivity index (χ2n) is 7.49. The van der Waals surface area contributed by atoms with Crippen LogP contribution in [0.2, 0.25) is 0 Å². The van der Waals surface area contributed by atoms with Crippen LogP contribution in [-0.2, 0) is 16.1 Å². The first-order valence-electron chi connectivity index (χ1n) is 9.04. The van der Waals surface area contributed by atoms with Crippen LogP contribution in [0, 0.1) is 24.7 Å². The molecule has 134 valence electrons. The molecular weight excluding hydrogens is 322 g/mol. The van der Waals surface area contributed by atoms with E-state index < -0.39 is 0 Å². The Bertz CT molecular complexity index is 554. The molecular formula is C18H29N3O2S. The van der Waals surface area contributed by atoms with E-state index >= 15 is 0 Å². The molecule has 0 spiro atoms. The number of carbonyl (C=O) groups excluding carboxylic acids is 1. The van der Waals surface area contributed by atoms with Crippen molar-refractivity contribution in [3.63, 3.8) is 0 Å². The van der Waals surface area contributed by atoms with Gasteiger partial charge in [0, 0.05) is 49.3 Å². The molecule has 1 amide bonds. The predicted molar refractivity (Wildman–Crippen MR) is 95.9 cm³/mol. The molecule has 3 heterocycles. The van der Waals surface area contributed by atoms with E-state index in [1.807, 2.05) is 6.92 Å². The standard InChI is InChI=1S/C18H29N3O2S/c1-12(2)15-8-21(10-17-19-13(3)11-24-17)9-16(15)20-18(22)14-4-6-23-7-5-14/h11-12,14-16H,4-10H2,1-3H3,(H,20,22)/t15-,16+/m1/s1. The molecule has 2 atom stereocenters. The van der Waals surface area contributed by atoms with Crippen LogP contribution in [-0.4, -0.2) is 48.1 Å². The van der Waals surface area contributed by atoms with Crippen LogP contribution >= 0.6 is 11.3 Å². The van der Waals surface area contributed by atoms with Gasteiger partial charge in [-0.15, -0.1) is 11.3 Å². The molecule has 1 aromatic heterocycles. The molecule has 2 aliphatic heterocycles. The van der Waals surface area contributed by atoms with Gasteiger partial charge in [-0.2, -0.15) is 0 Å². The van der Waals surface area contributed by atoms with Gasteiger partial charge in [-0.1, -0.05) is 13.8 Å². The summed E-state index contributed by atoms with van der Waals surface area (Å²) in [5.41, 5.74) is 1.10. The SMILES string of the molecule is Cc1csc(CN2C[C@H](NC(=O)C3CCOCC3)[C@@H](C(C)C)C2)n1. The average molecular weight is 352 g/mol. The lowest BCUT2D eigenvalue weighted by Gasteiger charge is -2.27. The number of carbonyl (C=O) groups is 1. The fourth-order valence-corrected chi connectivity index (χ4v) is 4.61. The Morgan fingerprint density at radius 2 is 2.17 bits per heavy atom. The zero-order valence-corrected chi connectivity index (χ0v) is 15.8. The molecule has 0 radical (unpaired) electrons. The smallest absolute Gasteiger partial charge is 0.223 e. The molecule has 0 aliphatic carbocycles. The quantitative estimate of drug-likeness (QED) is 0.885. The minimum absolute atomic E-state index is 0.127. The molecule has 5 nitrogen and oxygen atoms in total. The molecule has 0 bridgehead atoms. The predicted octanol–water partition coefficient (Wildman–Crippen LogP) is 2.45. The van der Waals surface area contributed by atoms with Gasteiger partial charge in [-0.05, 0) is 31.6 Å². The number of likely N-dealkylation sites (tertiary alicyclic amines) is 1. The summed E-state index contributed by atoms with van der Waals surface area (Å²) in [5.74, 6) is 1.42. The van der Waals surface area contributed by atoms with E-state index in [4.69, 9.17) is 4.74 Å². The summed E-state index contributed by atoms with van der Waals surface area (Å²) >= 11 is 1.73. The van der Waals surface area contributed by atoms with Gasteiger partial charge in [-0.3, -0.25) is 9.69 Å². The summed E-state index contributed by atoms with van der Waals surface area (Å²) < 4.78 is 5.37. The number of ether oxygens (including phenoxy) is 1. The van der Waals surface area contributed by atoms with Crippen molar-refractivity contribution in [1.29, 1.82) is 0 Å². The maximum absolute atomic E-state index is 12.6. The summed E-state index contributed by atoms with van der Waals surface area (Å²) in [6.45, 7) is 10.8. The van der Waals surface area contributed by atoms with Gasteiger partial charge in [0.05, 0.1) is 6.54 Å². The summed E-state index contributed by atoms with van der Waals surface area (Å²) in [6.07, 6.45) is 1.71. The Kier molecular flexibility index (Phi) is 5.89. The molecule has 3 rings (SSSR count). The molecule has 2 saturated heterocycles. The zero-order valence-electron chi connectivity index (χ0n) is 15.0. The molecule has 0 aromatic carbocycles. The van der Waals surface area contributed by atoms with Crippen molar-refractivity contribution in [3.05, 3.63) is 16.1 Å². The normalized spacial score (nSPS) is 26.2. The first-order chi connectivity index (χ1) is 11.5. The Morgan fingerprint density at radius 1 is 1.42 bits per heavy atom. The van der Waals surface area contributed by atoms with Crippen LogP contribution in [0.1, 0.15) is 37.4 Å². The largest absolute Gasteiger partial charge is 0.381 e. The number of thiazole rings is 1. The number of nitrogens with one attached hydrogen (secondary N) is 1. The van der Waals surface area contributed by atoms with E-state index in [0.29, 0.717) is 25.0 Å². The van der Waals surface area contributed by atoms with E-state index in [1.54, 1.807) is 11.3 Å². The van der Waals surface area contributed by atoms with Gasteiger partial charge in [-0.25, -0.2) is 4.98 Å². The highest BCUT2D eigenvalue weighted by atomic mass is 32.1. The number of aryl methyl sites for hydroxylation is 1. The lowest BCUT2D eigenvalue weighted by Crippen LogP contribution is -2.45. The Morgan fingerprint density at radius 3 is 2.79 bits per heavy atom. The first kappa shape index (κ1) is 17.8. The van der Waals surface area contributed by atoms with Crippen molar-refractivity contribution < 1.29 is 9.53 Å². The van der Waals surface area contributed by atoms with E-state index in [9.17, 15) is 4.79 Å². The molecule has 2 fully saturated rings. The first-order valence-corrected chi connectivity index (χ1v) is 9.92. The fraction of sp³-hybridized carbons (Fsp3) is 0.778. The third-order valence-electron chi connectivity index (χ3n) is 5.24. The van der Waals surface area contributed by atoms with Crippen molar-refractivity contribution >= 4 is 17.2 Å². The molecule has 1 N–H and O–H groups in total. The molecule has 24 heavy (non-hydrogen) atoms. The van der Waals surface area contributed by atoms with E-state index in [-0.39, 0.29) is 17.9 Å². The van der Waals surface area contributed by atoms with Gasteiger partial charge in [0.2, 0.25) is 5.91 Å². The highest BCUT2D eigenvalue weighted by Crippen LogP contribution is 2.27. The second kappa shape index (κ2) is 7.93. The van der Waals surface area contributed by atoms with Gasteiger partial charge in [0.15, 0.2) is 0 Å². The van der Waals surface area contributed by atoms with Crippen LogP contribution in [0.15, 0.2) is 5.38 Å². The number of aromatic nitrogens is 1. The van der Waals surface area contributed by atoms with E-state index in [1.165, 1.54) is 5.01 Å². The Hall–Kier alpha value is -0.980. The minimum atomic E-state index is 0.127. The third-order valence-corrected chi connectivity index (χ3v) is 6.19. The summed E-state index contributed by atoms with van der Waals surface area (Å²) in [4.78, 5) is 19.6. The van der Waals surface area contributed by atoms with Crippen molar-refractivity contribution in [2.45, 2.75) is 46.2 Å². The van der Waals surface area contributed by atoms with Crippen LogP contribution in [0.4, 0.5) is 0 Å². The third kappa shape index (κ3) is 4.35. The maximum Gasteiger partial charge on any atom is 0.223 e. The number of hydrogen-bond acceptors (Lipinski definition) is 5. The minimum Gasteiger partial charge on any atom is -0.381 e. The lowest BCUT2D eigenvalue weighted by atomic mass is 9.90. The van der Waals surface area contributed by atoms with Gasteiger partial charge in [0.25, 0.3) is 0 Å². The number of rotatable bonds is 5. The van der Waals surface area contributed by atoms with Gasteiger partial charge in [0.1, 0.15) is 5.01 Å². The molecule has 0 saturated carbocycles. The van der Waals surface area contributed by atoms with Crippen LogP contribution in [0.5, 0.6) is 0 Å².